The first-order chi connectivity index (χ1) is 9.65. The molecule has 0 radical (unpaired) electrons. The molecular weight excluding hydrogens is 262 g/mol. The first kappa shape index (κ1) is 14.2. The van der Waals surface area contributed by atoms with E-state index in [-0.39, 0.29) is 5.69 Å². The number of imidazole rings is 1. The zero-order valence-corrected chi connectivity index (χ0v) is 11.5. The molecule has 108 valence electrons. The van der Waals surface area contributed by atoms with E-state index in [1.807, 2.05) is 6.92 Å². The number of hydrogen-bond donors (Lipinski definition) is 1. The van der Waals surface area contributed by atoms with Gasteiger partial charge >= 0.3 is 5.97 Å². The number of carboxylic acids is 1. The molecule has 0 spiro atoms. The molecule has 0 saturated carbocycles. The minimum atomic E-state index is -1.11. The lowest BCUT2D eigenvalue weighted by atomic mass is 10.3. The standard InChI is InChI=1S/C12H17N5O3/c1-3-20-8-4-6-17-10(9(12(18)19)14-15-17)11-13-5-7-16(11)2/h5,7H,3-4,6,8H2,1-2H3,(H,18,19). The Balaban J connectivity index is 2.29. The highest BCUT2D eigenvalue weighted by atomic mass is 16.5. The average molecular weight is 279 g/mol. The summed E-state index contributed by atoms with van der Waals surface area (Å²) in [7, 11) is 1.80. The molecule has 0 aliphatic carbocycles. The number of carbonyl (C=O) groups is 1. The maximum absolute atomic E-state index is 11.2. The van der Waals surface area contributed by atoms with Crippen LogP contribution in [0.25, 0.3) is 11.5 Å². The first-order valence-electron chi connectivity index (χ1n) is 6.37. The summed E-state index contributed by atoms with van der Waals surface area (Å²) in [4.78, 5) is 15.4. The van der Waals surface area contributed by atoms with E-state index in [0.29, 0.717) is 31.3 Å². The third-order valence-corrected chi connectivity index (χ3v) is 2.83. The molecule has 2 aromatic heterocycles. The summed E-state index contributed by atoms with van der Waals surface area (Å²) in [6.07, 6.45) is 4.09. The van der Waals surface area contributed by atoms with Gasteiger partial charge in [0.15, 0.2) is 5.82 Å². The van der Waals surface area contributed by atoms with Gasteiger partial charge in [-0.2, -0.15) is 0 Å². The molecule has 2 aromatic rings. The van der Waals surface area contributed by atoms with Crippen molar-refractivity contribution in [3.8, 4) is 11.5 Å². The number of ether oxygens (including phenoxy) is 1. The van der Waals surface area contributed by atoms with Crippen LogP contribution in [0.2, 0.25) is 0 Å². The Morgan fingerprint density at radius 1 is 1.50 bits per heavy atom. The van der Waals surface area contributed by atoms with Crippen LogP contribution in [0, 0.1) is 0 Å². The number of carboxylic acid groups (broad SMARTS) is 1. The van der Waals surface area contributed by atoms with Gasteiger partial charge in [0.2, 0.25) is 5.69 Å². The molecule has 2 rings (SSSR count). The molecule has 2 heterocycles. The highest BCUT2D eigenvalue weighted by molar-refractivity contribution is 5.91. The van der Waals surface area contributed by atoms with E-state index < -0.39 is 5.97 Å². The van der Waals surface area contributed by atoms with Crippen LogP contribution in [-0.2, 0) is 18.3 Å². The fourth-order valence-electron chi connectivity index (χ4n) is 1.89. The lowest BCUT2D eigenvalue weighted by Gasteiger charge is -2.07. The van der Waals surface area contributed by atoms with Crippen molar-refractivity contribution < 1.29 is 14.6 Å². The summed E-state index contributed by atoms with van der Waals surface area (Å²) in [5.74, 6) is -0.581. The Kier molecular flexibility index (Phi) is 4.46. The summed E-state index contributed by atoms with van der Waals surface area (Å²) in [6.45, 7) is 3.71. The van der Waals surface area contributed by atoms with Crippen molar-refractivity contribution >= 4 is 5.97 Å². The molecule has 0 saturated heterocycles. The van der Waals surface area contributed by atoms with Gasteiger partial charge in [-0.05, 0) is 13.3 Å². The van der Waals surface area contributed by atoms with Gasteiger partial charge in [-0.15, -0.1) is 5.10 Å². The van der Waals surface area contributed by atoms with E-state index in [1.165, 1.54) is 0 Å². The maximum atomic E-state index is 11.2. The monoisotopic (exact) mass is 279 g/mol. The second-order valence-electron chi connectivity index (χ2n) is 4.23. The molecule has 0 aliphatic heterocycles. The van der Waals surface area contributed by atoms with Gasteiger partial charge in [0.25, 0.3) is 0 Å². The first-order valence-corrected chi connectivity index (χ1v) is 6.37. The Morgan fingerprint density at radius 2 is 2.30 bits per heavy atom. The van der Waals surface area contributed by atoms with Crippen molar-refractivity contribution in [3.05, 3.63) is 18.1 Å². The van der Waals surface area contributed by atoms with E-state index >= 15 is 0 Å². The Hall–Kier alpha value is -2.22. The molecule has 0 aliphatic rings. The Labute approximate surface area is 116 Å². The normalized spacial score (nSPS) is 10.9. The molecule has 8 heteroatoms. The molecule has 0 atom stereocenters. The van der Waals surface area contributed by atoms with Crippen LogP contribution < -0.4 is 0 Å². The smallest absolute Gasteiger partial charge is 0.358 e. The van der Waals surface area contributed by atoms with E-state index in [4.69, 9.17) is 4.74 Å². The average Bonchev–Trinajstić information content (AvgIpc) is 3.00. The van der Waals surface area contributed by atoms with Gasteiger partial charge in [0.1, 0.15) is 5.69 Å². The quantitative estimate of drug-likeness (QED) is 0.753. The van der Waals surface area contributed by atoms with Crippen LogP contribution in [0.3, 0.4) is 0 Å². The lowest BCUT2D eigenvalue weighted by Crippen LogP contribution is -2.09. The third kappa shape index (κ3) is 2.85. The Bertz CT molecular complexity index is 590. The van der Waals surface area contributed by atoms with Crippen LogP contribution in [0.1, 0.15) is 23.8 Å². The fraction of sp³-hybridized carbons (Fsp3) is 0.500. The van der Waals surface area contributed by atoms with Gasteiger partial charge in [-0.25, -0.2) is 14.5 Å². The van der Waals surface area contributed by atoms with Gasteiger partial charge in [0, 0.05) is 39.2 Å². The summed E-state index contributed by atoms with van der Waals surface area (Å²) < 4.78 is 8.57. The van der Waals surface area contributed by atoms with Gasteiger partial charge in [0.05, 0.1) is 0 Å². The highest BCUT2D eigenvalue weighted by Crippen LogP contribution is 2.20. The van der Waals surface area contributed by atoms with Crippen LogP contribution in [0.5, 0.6) is 0 Å². The van der Waals surface area contributed by atoms with E-state index in [0.717, 1.165) is 6.42 Å². The van der Waals surface area contributed by atoms with Gasteiger partial charge in [-0.1, -0.05) is 5.21 Å². The number of hydrogen-bond acceptors (Lipinski definition) is 5. The van der Waals surface area contributed by atoms with E-state index in [9.17, 15) is 9.90 Å². The van der Waals surface area contributed by atoms with Crippen molar-refractivity contribution in [2.45, 2.75) is 19.9 Å². The van der Waals surface area contributed by atoms with Crippen LogP contribution in [-0.4, -0.2) is 48.8 Å². The second kappa shape index (κ2) is 6.29. The third-order valence-electron chi connectivity index (χ3n) is 2.83. The SMILES string of the molecule is CCOCCCn1nnc(C(=O)O)c1-c1nccn1C. The van der Waals surface area contributed by atoms with Crippen molar-refractivity contribution in [1.82, 2.24) is 24.5 Å². The van der Waals surface area contributed by atoms with Crippen LogP contribution >= 0.6 is 0 Å². The van der Waals surface area contributed by atoms with Crippen molar-refractivity contribution in [1.29, 1.82) is 0 Å². The molecule has 0 bridgehead atoms. The summed E-state index contributed by atoms with van der Waals surface area (Å²) in [6, 6.07) is 0. The lowest BCUT2D eigenvalue weighted by molar-refractivity contribution is 0.0691. The van der Waals surface area contributed by atoms with E-state index in [2.05, 4.69) is 15.3 Å². The topological polar surface area (TPSA) is 95.1 Å². The molecule has 1 N–H and O–H groups in total. The minimum Gasteiger partial charge on any atom is -0.476 e. The van der Waals surface area contributed by atoms with Gasteiger partial charge in [-0.3, -0.25) is 0 Å². The van der Waals surface area contributed by atoms with E-state index in [1.54, 1.807) is 28.7 Å². The summed E-state index contributed by atoms with van der Waals surface area (Å²) >= 11 is 0. The molecule has 20 heavy (non-hydrogen) atoms. The number of aryl methyl sites for hydroxylation is 2. The van der Waals surface area contributed by atoms with Gasteiger partial charge < -0.3 is 14.4 Å². The van der Waals surface area contributed by atoms with Crippen LogP contribution in [0.15, 0.2) is 12.4 Å². The number of aromatic nitrogens is 5. The molecule has 0 amide bonds. The highest BCUT2D eigenvalue weighted by Gasteiger charge is 2.23. The van der Waals surface area contributed by atoms with Crippen molar-refractivity contribution in [2.24, 2.45) is 7.05 Å². The zero-order valence-electron chi connectivity index (χ0n) is 11.5. The molecule has 0 unspecified atom stereocenters. The van der Waals surface area contributed by atoms with Crippen molar-refractivity contribution in [2.75, 3.05) is 13.2 Å². The molecule has 8 nitrogen and oxygen atoms in total. The summed E-state index contributed by atoms with van der Waals surface area (Å²) in [5.41, 5.74) is 0.331. The predicted molar refractivity (Wildman–Crippen MR) is 70.3 cm³/mol. The molecule has 0 fully saturated rings. The largest absolute Gasteiger partial charge is 0.476 e. The minimum absolute atomic E-state index is 0.0873. The zero-order chi connectivity index (χ0) is 14.5. The number of aromatic carboxylic acids is 1. The molecule has 0 aromatic carbocycles. The fourth-order valence-corrected chi connectivity index (χ4v) is 1.89. The predicted octanol–water partition coefficient (Wildman–Crippen LogP) is 0.803. The Morgan fingerprint density at radius 3 is 2.90 bits per heavy atom. The number of nitrogens with zero attached hydrogens (tertiary/aromatic N) is 5. The maximum Gasteiger partial charge on any atom is 0.358 e. The number of rotatable bonds is 7. The van der Waals surface area contributed by atoms with Crippen LogP contribution in [0.4, 0.5) is 0 Å². The van der Waals surface area contributed by atoms with Crippen molar-refractivity contribution in [3.63, 3.8) is 0 Å². The second-order valence-corrected chi connectivity index (χ2v) is 4.23. The molecular formula is C12H17N5O3. The summed E-state index contributed by atoms with van der Waals surface area (Å²) in [5, 5.41) is 16.8.